The van der Waals surface area contributed by atoms with Crippen molar-refractivity contribution >= 4 is 35.6 Å². The third-order valence-corrected chi connectivity index (χ3v) is 6.48. The fraction of sp³-hybridized carbons (Fsp3) is 0.655. The maximum atomic E-state index is 14.1. The van der Waals surface area contributed by atoms with Gasteiger partial charge in [0, 0.05) is 13.1 Å². The lowest BCUT2D eigenvalue weighted by Crippen LogP contribution is -2.53. The predicted molar refractivity (Wildman–Crippen MR) is 156 cm³/mol. The predicted octanol–water partition coefficient (Wildman–Crippen LogP) is 4.63. The highest BCUT2D eigenvalue weighted by Crippen LogP contribution is 2.25. The van der Waals surface area contributed by atoms with Crippen LogP contribution >= 0.6 is 11.8 Å². The zero-order valence-electron chi connectivity index (χ0n) is 24.6. The smallest absolute Gasteiger partial charge is 0.408 e. The fourth-order valence-corrected chi connectivity index (χ4v) is 4.34. The molecule has 0 aliphatic heterocycles. The first-order valence-electron chi connectivity index (χ1n) is 13.8. The molecule has 0 fully saturated rings. The summed E-state index contributed by atoms with van der Waals surface area (Å²) in [6, 6.07) is 5.81. The lowest BCUT2D eigenvalue weighted by atomic mass is 9.99. The second-order valence-electron chi connectivity index (χ2n) is 10.2. The van der Waals surface area contributed by atoms with E-state index in [9.17, 15) is 19.2 Å². The van der Waals surface area contributed by atoms with Crippen molar-refractivity contribution in [1.29, 1.82) is 0 Å². The van der Waals surface area contributed by atoms with E-state index in [1.807, 2.05) is 44.4 Å². The van der Waals surface area contributed by atoms with E-state index in [0.717, 1.165) is 18.4 Å². The summed E-state index contributed by atoms with van der Waals surface area (Å²) in [6.07, 6.45) is 3.98. The summed E-state index contributed by atoms with van der Waals surface area (Å²) < 4.78 is 10.4. The molecular weight excluding hydrogens is 518 g/mol. The zero-order valence-corrected chi connectivity index (χ0v) is 25.4. The van der Waals surface area contributed by atoms with Gasteiger partial charge < -0.3 is 25.0 Å². The molecule has 2 N–H and O–H groups in total. The number of hydrogen-bond donors (Lipinski definition) is 2. The van der Waals surface area contributed by atoms with Crippen LogP contribution in [0, 0.1) is 0 Å². The second kappa shape index (κ2) is 17.8. The summed E-state index contributed by atoms with van der Waals surface area (Å²) in [6.45, 7) is 11.7. The molecule has 0 aliphatic rings. The van der Waals surface area contributed by atoms with E-state index < -0.39 is 35.7 Å². The van der Waals surface area contributed by atoms with Crippen molar-refractivity contribution < 1.29 is 28.7 Å². The standard InChI is InChI=1S/C29H47N3O6S/c1-8-11-19-32(27(35)23(17-20-39-7)31-28(36)38-29(4,5)6)25(22-14-12-21(9-2)13-15-22)26(34)30-18-16-24(33)37-10-3/h12-15,23,25H,8-11,16-20H2,1-7H3,(H,30,34)(H,31,36). The molecule has 9 nitrogen and oxygen atoms in total. The Kier molecular flexibility index (Phi) is 15.6. The van der Waals surface area contributed by atoms with E-state index in [0.29, 0.717) is 30.7 Å². The van der Waals surface area contributed by atoms with Crippen molar-refractivity contribution in [2.24, 2.45) is 0 Å². The van der Waals surface area contributed by atoms with Gasteiger partial charge in [0.2, 0.25) is 11.8 Å². The van der Waals surface area contributed by atoms with Gasteiger partial charge in [0.15, 0.2) is 0 Å². The second-order valence-corrected chi connectivity index (χ2v) is 11.2. The molecule has 0 spiro atoms. The van der Waals surface area contributed by atoms with Crippen LogP contribution < -0.4 is 10.6 Å². The van der Waals surface area contributed by atoms with Crippen LogP contribution in [0.2, 0.25) is 0 Å². The molecule has 0 aliphatic carbocycles. The highest BCUT2D eigenvalue weighted by molar-refractivity contribution is 7.98. The van der Waals surface area contributed by atoms with Crippen molar-refractivity contribution in [1.82, 2.24) is 15.5 Å². The molecule has 2 atom stereocenters. The van der Waals surface area contributed by atoms with Gasteiger partial charge in [-0.2, -0.15) is 11.8 Å². The highest BCUT2D eigenvalue weighted by Gasteiger charge is 2.35. The molecule has 10 heteroatoms. The Morgan fingerprint density at radius 2 is 1.72 bits per heavy atom. The molecule has 1 aromatic carbocycles. The number of alkyl carbamates (subject to hydrolysis) is 1. The normalized spacial score (nSPS) is 12.7. The minimum Gasteiger partial charge on any atom is -0.466 e. The lowest BCUT2D eigenvalue weighted by Gasteiger charge is -2.34. The van der Waals surface area contributed by atoms with E-state index in [1.54, 1.807) is 44.4 Å². The summed E-state index contributed by atoms with van der Waals surface area (Å²) in [4.78, 5) is 53.7. The van der Waals surface area contributed by atoms with E-state index in [-0.39, 0.29) is 25.5 Å². The van der Waals surface area contributed by atoms with Gasteiger partial charge in [-0.05, 0) is 70.1 Å². The van der Waals surface area contributed by atoms with Crippen molar-refractivity contribution in [3.05, 3.63) is 35.4 Å². The van der Waals surface area contributed by atoms with E-state index >= 15 is 0 Å². The van der Waals surface area contributed by atoms with Gasteiger partial charge in [0.25, 0.3) is 0 Å². The Morgan fingerprint density at radius 3 is 2.26 bits per heavy atom. The number of rotatable bonds is 16. The Balaban J connectivity index is 3.38. The molecule has 1 aromatic rings. The molecule has 3 amide bonds. The molecule has 0 aromatic heterocycles. The molecule has 0 saturated carbocycles. The molecule has 220 valence electrons. The van der Waals surface area contributed by atoms with Crippen LogP contribution in [0.25, 0.3) is 0 Å². The number of ether oxygens (including phenoxy) is 2. The molecule has 1 rings (SSSR count). The number of nitrogens with one attached hydrogen (secondary N) is 2. The third kappa shape index (κ3) is 12.8. The number of carbonyl (C=O) groups is 4. The highest BCUT2D eigenvalue weighted by atomic mass is 32.2. The largest absolute Gasteiger partial charge is 0.466 e. The van der Waals surface area contributed by atoms with Crippen LogP contribution in [0.1, 0.15) is 84.4 Å². The average Bonchev–Trinajstić information content (AvgIpc) is 2.87. The molecular formula is C29H47N3O6S. The van der Waals surface area contributed by atoms with Crippen LogP contribution in [0.15, 0.2) is 24.3 Å². The number of benzene rings is 1. The summed E-state index contributed by atoms with van der Waals surface area (Å²) in [7, 11) is 0. The SMILES string of the molecule is CCCCN(C(=O)C(CCSC)NC(=O)OC(C)(C)C)C(C(=O)NCCC(=O)OCC)c1ccc(CC)cc1. The molecule has 39 heavy (non-hydrogen) atoms. The van der Waals surface area contributed by atoms with Gasteiger partial charge in [0.05, 0.1) is 13.0 Å². The maximum Gasteiger partial charge on any atom is 0.408 e. The number of hydrogen-bond acceptors (Lipinski definition) is 7. The minimum atomic E-state index is -0.936. The van der Waals surface area contributed by atoms with Crippen LogP contribution in [-0.2, 0) is 30.3 Å². The van der Waals surface area contributed by atoms with Crippen LogP contribution in [0.5, 0.6) is 0 Å². The number of nitrogens with zero attached hydrogens (tertiary/aromatic N) is 1. The Bertz CT molecular complexity index is 917. The van der Waals surface area contributed by atoms with E-state index in [2.05, 4.69) is 10.6 Å². The van der Waals surface area contributed by atoms with Crippen molar-refractivity contribution in [2.75, 3.05) is 31.7 Å². The van der Waals surface area contributed by atoms with Crippen molar-refractivity contribution in [3.8, 4) is 0 Å². The summed E-state index contributed by atoms with van der Waals surface area (Å²) in [5.41, 5.74) is 1.05. The van der Waals surface area contributed by atoms with Gasteiger partial charge in [-0.25, -0.2) is 4.79 Å². The molecule has 2 unspecified atom stereocenters. The quantitative estimate of drug-likeness (QED) is 0.281. The fourth-order valence-electron chi connectivity index (χ4n) is 3.86. The van der Waals surface area contributed by atoms with Gasteiger partial charge >= 0.3 is 12.1 Å². The number of aryl methyl sites for hydroxylation is 1. The monoisotopic (exact) mass is 565 g/mol. The lowest BCUT2D eigenvalue weighted by molar-refractivity contribution is -0.144. The molecule has 0 radical (unpaired) electrons. The molecule has 0 saturated heterocycles. The number of carbonyl (C=O) groups excluding carboxylic acids is 4. The van der Waals surface area contributed by atoms with E-state index in [1.165, 1.54) is 0 Å². The first kappa shape index (κ1) is 34.3. The number of unbranched alkanes of at least 4 members (excludes halogenated alkanes) is 1. The first-order valence-corrected chi connectivity index (χ1v) is 15.2. The van der Waals surface area contributed by atoms with Crippen molar-refractivity contribution in [3.63, 3.8) is 0 Å². The number of thioether (sulfide) groups is 1. The Hall–Kier alpha value is -2.75. The molecule has 0 bridgehead atoms. The van der Waals surface area contributed by atoms with Crippen LogP contribution in [0.3, 0.4) is 0 Å². The van der Waals surface area contributed by atoms with E-state index in [4.69, 9.17) is 9.47 Å². The third-order valence-electron chi connectivity index (χ3n) is 5.83. The average molecular weight is 566 g/mol. The molecule has 0 heterocycles. The van der Waals surface area contributed by atoms with Gasteiger partial charge in [0.1, 0.15) is 17.7 Å². The first-order chi connectivity index (χ1) is 18.5. The van der Waals surface area contributed by atoms with Gasteiger partial charge in [-0.15, -0.1) is 0 Å². The number of esters is 1. The minimum absolute atomic E-state index is 0.0283. The van der Waals surface area contributed by atoms with Gasteiger partial charge in [-0.1, -0.05) is 44.5 Å². The summed E-state index contributed by atoms with van der Waals surface area (Å²) in [5, 5.41) is 5.56. The number of amides is 3. The van der Waals surface area contributed by atoms with Crippen molar-refractivity contribution in [2.45, 2.75) is 91.3 Å². The van der Waals surface area contributed by atoms with Gasteiger partial charge in [-0.3, -0.25) is 14.4 Å². The topological polar surface area (TPSA) is 114 Å². The Morgan fingerprint density at radius 1 is 1.05 bits per heavy atom. The summed E-state index contributed by atoms with van der Waals surface area (Å²) >= 11 is 1.56. The Labute approximate surface area is 238 Å². The summed E-state index contributed by atoms with van der Waals surface area (Å²) in [5.74, 6) is -0.517. The maximum absolute atomic E-state index is 14.1. The van der Waals surface area contributed by atoms with Crippen LogP contribution in [0.4, 0.5) is 4.79 Å². The van der Waals surface area contributed by atoms with Crippen LogP contribution in [-0.4, -0.2) is 72.1 Å². The zero-order chi connectivity index (χ0) is 29.4.